The first-order valence-electron chi connectivity index (χ1n) is 41.2. The summed E-state index contributed by atoms with van der Waals surface area (Å²) in [4.78, 5) is 103. The largest absolute Gasteiger partial charge is 0.376 e. The van der Waals surface area contributed by atoms with Gasteiger partial charge in [0.15, 0.2) is 16.9 Å². The molecule has 4 aliphatic rings. The maximum Gasteiger partial charge on any atom is 0.264 e. The zero-order chi connectivity index (χ0) is 85.2. The van der Waals surface area contributed by atoms with Gasteiger partial charge in [0.1, 0.15) is 22.3 Å². The minimum absolute atomic E-state index is 0.143. The van der Waals surface area contributed by atoms with E-state index in [1.165, 1.54) is 12.8 Å². The number of aromatic nitrogens is 13. The average molecular weight is 1630 g/mol. The normalized spacial score (nSPS) is 16.1. The smallest absolute Gasteiger partial charge is 0.264 e. The van der Waals surface area contributed by atoms with E-state index in [0.717, 1.165) is 77.3 Å². The molecule has 6 aromatic carbocycles. The van der Waals surface area contributed by atoms with Crippen molar-refractivity contribution in [3.05, 3.63) is 347 Å². The van der Waals surface area contributed by atoms with Crippen molar-refractivity contribution in [1.29, 1.82) is 0 Å². The molecule has 3 saturated heterocycles. The Morgan fingerprint density at radius 3 is 1.19 bits per heavy atom. The van der Waals surface area contributed by atoms with Crippen LogP contribution in [0, 0.1) is 75.1 Å². The van der Waals surface area contributed by atoms with Crippen molar-refractivity contribution < 1.29 is 19.5 Å². The van der Waals surface area contributed by atoms with Gasteiger partial charge in [0.05, 0.1) is 51.4 Å². The van der Waals surface area contributed by atoms with Crippen LogP contribution in [0.1, 0.15) is 170 Å². The van der Waals surface area contributed by atoms with Crippen LogP contribution >= 0.6 is 0 Å². The van der Waals surface area contributed by atoms with E-state index >= 15 is 0 Å². The Hall–Kier alpha value is -15.0. The molecule has 24 heteroatoms. The molecule has 1 unspecified atom stereocenters. The highest BCUT2D eigenvalue weighted by Gasteiger charge is 2.44. The zero-order valence-corrected chi connectivity index (χ0v) is 68.9. The number of aryl methyl sites for hydroxylation is 4. The first-order valence-corrected chi connectivity index (χ1v) is 41.2. The molecule has 16 aromatic rings. The fourth-order valence-corrected chi connectivity index (χ4v) is 17.1. The van der Waals surface area contributed by atoms with Crippen molar-refractivity contribution in [1.82, 2.24) is 83.3 Å². The lowest BCUT2D eigenvalue weighted by Crippen LogP contribution is -2.58. The number of carbonyl (C=O) groups excluding carboxylic acids is 3. The summed E-state index contributed by atoms with van der Waals surface area (Å²) in [6, 6.07) is 56.8. The maximum atomic E-state index is 14.4. The van der Waals surface area contributed by atoms with E-state index in [1.807, 2.05) is 198 Å². The quantitative estimate of drug-likeness (QED) is 0.0828. The summed E-state index contributed by atoms with van der Waals surface area (Å²) in [5.41, 5.74) is 10.5. The average Bonchev–Trinajstić information content (AvgIpc) is 1.52. The van der Waals surface area contributed by atoms with Gasteiger partial charge in [-0.1, -0.05) is 139 Å². The monoisotopic (exact) mass is 1630 g/mol. The first kappa shape index (κ1) is 80.4. The highest BCUT2D eigenvalue weighted by atomic mass is 16.3. The number of pyridine rings is 4. The van der Waals surface area contributed by atoms with Crippen LogP contribution < -0.4 is 32.6 Å². The van der Waals surface area contributed by atoms with Gasteiger partial charge >= 0.3 is 0 Å². The fourth-order valence-electron chi connectivity index (χ4n) is 17.1. The molecule has 4 N–H and O–H groups in total. The van der Waals surface area contributed by atoms with E-state index in [0.29, 0.717) is 119 Å². The number of carbonyl (C=O) groups is 3. The first-order chi connectivity index (χ1) is 59.7. The Kier molecular flexibility index (Phi) is 22.5. The summed E-state index contributed by atoms with van der Waals surface area (Å²) in [5, 5.41) is 37.7. The van der Waals surface area contributed by atoms with E-state index in [9.17, 15) is 33.9 Å². The van der Waals surface area contributed by atoms with Crippen LogP contribution in [-0.4, -0.2) is 115 Å². The van der Waals surface area contributed by atoms with Gasteiger partial charge in [0.2, 0.25) is 0 Å². The minimum atomic E-state index is -1.08. The number of piperidine rings is 3. The Labute approximate surface area is 708 Å². The molecule has 2 bridgehead atoms. The van der Waals surface area contributed by atoms with Crippen LogP contribution in [0.5, 0.6) is 0 Å². The van der Waals surface area contributed by atoms with Gasteiger partial charge in [0, 0.05) is 124 Å². The Morgan fingerprint density at radius 1 is 0.439 bits per heavy atom. The standard InChI is InChI=1S/C34H32N6O3.C33H26N6O2.C32H29N5O2/c1-22(36-32(41)29-23(2)37-39-17-7-16-35-31(29)39)28-20-25-9-6-8-24(12-15-34(43)21-38-18-13-26(34)14-19-38)30(25)33(42)40(28)27-10-4-3-5-11-27;1-21-15-17-34-20-26(21)14-13-24-9-7-10-25-19-28(39(33(41)30(24)25)27-11-5-4-6-12-27)22(2)36-32(40)29-23(3)37-38-18-8-16-35-31(29)38;1-21(34-31(38)28-22(2)35-36-19-9-18-33-30(28)36)27-20-25-13-8-12-24(17-16-23-10-6-7-11-23)29(25)32(39)37(27)26-14-4-3-5-15-26/h3-11,16-17,20,22,26,43H,13-14,18-19,21H2,1-2H3,(H,36,41);4-12,15-20,22H,1-3H3,(H,36,40);3-5,8-9,12-15,18-21,23H,6-7,10-11H2,1-2H3,(H,34,38)/t22-,34?;22-;21-/m000/s1. The summed E-state index contributed by atoms with van der Waals surface area (Å²) in [7, 11) is 0. The summed E-state index contributed by atoms with van der Waals surface area (Å²) >= 11 is 0. The SMILES string of the molecule is Cc1ccncc1C#Cc1cccc2cc([C@H](C)NC(=O)c3c(C)nn4cccnc34)n(-c3ccccc3)c(=O)c12.Cc1nn2cccnc2c1C(=O)N[C@@H](C)c1cc2cccc(C#CC3(O)CN4CCC3CC4)c2c(=O)n1-c1ccccc1.Cc1nn2cccnc2c1C(=O)N[C@@H](C)c1cc2cccc(C#CC3CCCC3)c2c(=O)n1-c1ccccc1. The molecular weight excluding hydrogens is 1540 g/mol. The molecule has 0 spiro atoms. The van der Waals surface area contributed by atoms with Crippen LogP contribution in [0.25, 0.3) is 66.3 Å². The molecule has 123 heavy (non-hydrogen) atoms. The number of para-hydroxylation sites is 3. The number of aliphatic hydroxyl groups is 1. The fraction of sp³-hybridized carbons (Fsp3) is 0.222. The number of rotatable bonds is 12. The van der Waals surface area contributed by atoms with Crippen LogP contribution in [0.3, 0.4) is 0 Å². The molecule has 1 saturated carbocycles. The van der Waals surface area contributed by atoms with E-state index in [-0.39, 0.29) is 40.3 Å². The predicted molar refractivity (Wildman–Crippen MR) is 474 cm³/mol. The molecule has 4 fully saturated rings. The third-order valence-electron chi connectivity index (χ3n) is 23.3. The molecule has 24 nitrogen and oxygen atoms in total. The highest BCUT2D eigenvalue weighted by Crippen LogP contribution is 2.36. The van der Waals surface area contributed by atoms with E-state index in [4.69, 9.17) is 0 Å². The number of benzene rings is 6. The Balaban J connectivity index is 0.000000131. The number of nitrogens with one attached hydrogen (secondary N) is 3. The van der Waals surface area contributed by atoms with Crippen LogP contribution in [0.2, 0.25) is 0 Å². The Bertz CT molecular complexity index is 7240. The van der Waals surface area contributed by atoms with Gasteiger partial charge in [-0.2, -0.15) is 15.3 Å². The molecule has 13 heterocycles. The maximum absolute atomic E-state index is 14.4. The van der Waals surface area contributed by atoms with Crippen LogP contribution in [0.15, 0.2) is 252 Å². The van der Waals surface area contributed by atoms with Crippen molar-refractivity contribution in [2.24, 2.45) is 11.8 Å². The third-order valence-corrected chi connectivity index (χ3v) is 23.3. The number of hydrogen-bond donors (Lipinski definition) is 4. The second kappa shape index (κ2) is 34.4. The topological polar surface area (TPSA) is 280 Å². The van der Waals surface area contributed by atoms with E-state index in [2.05, 4.69) is 91.6 Å². The summed E-state index contributed by atoms with van der Waals surface area (Å²) in [6.45, 7) is 15.5. The molecule has 610 valence electrons. The lowest BCUT2D eigenvalue weighted by molar-refractivity contribution is -0.0713. The number of nitrogens with zero attached hydrogens (tertiary/aromatic N) is 14. The van der Waals surface area contributed by atoms with Crippen molar-refractivity contribution >= 4 is 67.0 Å². The van der Waals surface area contributed by atoms with Crippen molar-refractivity contribution in [3.8, 4) is 52.6 Å². The predicted octanol–water partition coefficient (Wildman–Crippen LogP) is 14.0. The van der Waals surface area contributed by atoms with Gasteiger partial charge in [-0.3, -0.25) is 52.4 Å². The van der Waals surface area contributed by atoms with Gasteiger partial charge < -0.3 is 21.1 Å². The van der Waals surface area contributed by atoms with E-state index < -0.39 is 23.7 Å². The minimum Gasteiger partial charge on any atom is -0.376 e. The second-order valence-electron chi connectivity index (χ2n) is 31.5. The summed E-state index contributed by atoms with van der Waals surface area (Å²) in [6.07, 6.45) is 20.1. The molecule has 0 radical (unpaired) electrons. The molecule has 3 aliphatic heterocycles. The van der Waals surface area contributed by atoms with Crippen molar-refractivity contribution in [2.45, 2.75) is 111 Å². The van der Waals surface area contributed by atoms with Crippen LogP contribution in [-0.2, 0) is 0 Å². The second-order valence-corrected chi connectivity index (χ2v) is 31.5. The van der Waals surface area contributed by atoms with Gasteiger partial charge in [0.25, 0.3) is 34.4 Å². The molecule has 4 atom stereocenters. The lowest BCUT2D eigenvalue weighted by atomic mass is 9.75. The van der Waals surface area contributed by atoms with Crippen molar-refractivity contribution in [3.63, 3.8) is 0 Å². The van der Waals surface area contributed by atoms with Crippen molar-refractivity contribution in [2.75, 3.05) is 19.6 Å². The number of fused-ring (bicyclic) bond motifs is 9. The summed E-state index contributed by atoms with van der Waals surface area (Å²) in [5.74, 6) is 19.1. The number of amides is 3. The molecular formula is C99H87N17O7. The van der Waals surface area contributed by atoms with Gasteiger partial charge in [-0.15, -0.1) is 0 Å². The zero-order valence-electron chi connectivity index (χ0n) is 68.9. The molecule has 3 amide bonds. The number of hydrogen-bond acceptors (Lipinski definition) is 15. The molecule has 10 aromatic heterocycles. The molecule has 20 rings (SSSR count). The van der Waals surface area contributed by atoms with Gasteiger partial charge in [-0.25, -0.2) is 28.5 Å². The van der Waals surface area contributed by atoms with E-state index in [1.54, 1.807) is 116 Å². The third kappa shape index (κ3) is 16.1. The summed E-state index contributed by atoms with van der Waals surface area (Å²) < 4.78 is 9.74. The lowest BCUT2D eigenvalue weighted by Gasteiger charge is -2.47. The van der Waals surface area contributed by atoms with Crippen LogP contribution in [0.4, 0.5) is 0 Å². The van der Waals surface area contributed by atoms with Gasteiger partial charge in [-0.05, 0) is 206 Å². The Morgan fingerprint density at radius 2 is 0.813 bits per heavy atom. The highest BCUT2D eigenvalue weighted by molar-refractivity contribution is 6.03. The molecule has 1 aliphatic carbocycles.